The Balaban J connectivity index is 3.95. The quantitative estimate of drug-likeness (QED) is 0.0262. The van der Waals surface area contributed by atoms with Crippen LogP contribution < -0.4 is 0 Å². The molecular formula is C63H110O6. The van der Waals surface area contributed by atoms with Crippen LogP contribution in [-0.4, -0.2) is 37.2 Å². The molecule has 6 nitrogen and oxygen atoms in total. The van der Waals surface area contributed by atoms with Crippen LogP contribution in [0.15, 0.2) is 72.9 Å². The van der Waals surface area contributed by atoms with Crippen molar-refractivity contribution < 1.29 is 28.6 Å². The van der Waals surface area contributed by atoms with Gasteiger partial charge < -0.3 is 14.2 Å². The second-order valence-electron chi connectivity index (χ2n) is 19.5. The SMILES string of the molecule is CC/C=C\C/C=C\C/C=C\C/C=C\C/C=C\CCCCCCCCCCCCCCCCCCCC(=O)OCC(COC(=O)CCCCCCCCC)OC(=O)CCCCCCC/C=C\CCCC. The van der Waals surface area contributed by atoms with Crippen molar-refractivity contribution >= 4 is 17.9 Å². The van der Waals surface area contributed by atoms with Crippen LogP contribution in [0.1, 0.15) is 290 Å². The van der Waals surface area contributed by atoms with Crippen molar-refractivity contribution in [3.8, 4) is 0 Å². The fraction of sp³-hybridized carbons (Fsp3) is 0.762. The highest BCUT2D eigenvalue weighted by atomic mass is 16.6. The van der Waals surface area contributed by atoms with Gasteiger partial charge in [-0.3, -0.25) is 14.4 Å². The van der Waals surface area contributed by atoms with Crippen LogP contribution in [0.4, 0.5) is 0 Å². The lowest BCUT2D eigenvalue weighted by molar-refractivity contribution is -0.167. The summed E-state index contributed by atoms with van der Waals surface area (Å²) >= 11 is 0. The molecule has 69 heavy (non-hydrogen) atoms. The third-order valence-electron chi connectivity index (χ3n) is 12.7. The molecule has 1 atom stereocenters. The van der Waals surface area contributed by atoms with Gasteiger partial charge in [0.25, 0.3) is 0 Å². The second-order valence-corrected chi connectivity index (χ2v) is 19.5. The maximum atomic E-state index is 12.7. The molecule has 0 aliphatic heterocycles. The summed E-state index contributed by atoms with van der Waals surface area (Å²) in [6.45, 7) is 6.45. The minimum absolute atomic E-state index is 0.0749. The average Bonchev–Trinajstić information content (AvgIpc) is 3.35. The van der Waals surface area contributed by atoms with E-state index in [1.165, 1.54) is 148 Å². The molecule has 0 amide bonds. The highest BCUT2D eigenvalue weighted by molar-refractivity contribution is 5.71. The molecule has 0 rings (SSSR count). The highest BCUT2D eigenvalue weighted by Crippen LogP contribution is 2.16. The summed E-state index contributed by atoms with van der Waals surface area (Å²) in [5.41, 5.74) is 0. The first-order chi connectivity index (χ1) is 34.0. The Hall–Kier alpha value is -3.15. The van der Waals surface area contributed by atoms with Crippen molar-refractivity contribution in [2.24, 2.45) is 0 Å². The average molecular weight is 964 g/mol. The number of ether oxygens (including phenoxy) is 3. The molecule has 0 N–H and O–H groups in total. The van der Waals surface area contributed by atoms with Gasteiger partial charge in [-0.25, -0.2) is 0 Å². The first-order valence-corrected chi connectivity index (χ1v) is 29.4. The molecule has 0 aromatic rings. The van der Waals surface area contributed by atoms with E-state index in [0.717, 1.165) is 103 Å². The van der Waals surface area contributed by atoms with Crippen LogP contribution in [0.25, 0.3) is 0 Å². The lowest BCUT2D eigenvalue weighted by atomic mass is 10.0. The molecule has 0 radical (unpaired) electrons. The predicted octanol–water partition coefficient (Wildman–Crippen LogP) is 19.8. The van der Waals surface area contributed by atoms with Crippen LogP contribution in [0.3, 0.4) is 0 Å². The summed E-state index contributed by atoms with van der Waals surface area (Å²) in [5, 5.41) is 0. The largest absolute Gasteiger partial charge is 0.462 e. The summed E-state index contributed by atoms with van der Waals surface area (Å²) in [6.07, 6.45) is 73.7. The van der Waals surface area contributed by atoms with Crippen LogP contribution in [0.2, 0.25) is 0 Å². The number of rotatable bonds is 53. The summed E-state index contributed by atoms with van der Waals surface area (Å²) in [4.78, 5) is 37.8. The van der Waals surface area contributed by atoms with Gasteiger partial charge >= 0.3 is 17.9 Å². The molecule has 398 valence electrons. The first kappa shape index (κ1) is 65.8. The summed E-state index contributed by atoms with van der Waals surface area (Å²) in [6, 6.07) is 0. The molecule has 0 heterocycles. The monoisotopic (exact) mass is 963 g/mol. The zero-order chi connectivity index (χ0) is 50.0. The molecule has 0 aromatic carbocycles. The Bertz CT molecular complexity index is 1290. The van der Waals surface area contributed by atoms with E-state index < -0.39 is 6.10 Å². The first-order valence-electron chi connectivity index (χ1n) is 29.4. The van der Waals surface area contributed by atoms with Crippen molar-refractivity contribution in [2.45, 2.75) is 297 Å². The Morgan fingerprint density at radius 1 is 0.304 bits per heavy atom. The molecular weight excluding hydrogens is 853 g/mol. The van der Waals surface area contributed by atoms with Crippen LogP contribution in [-0.2, 0) is 28.6 Å². The third kappa shape index (κ3) is 55.6. The van der Waals surface area contributed by atoms with E-state index in [1.807, 2.05) is 0 Å². The van der Waals surface area contributed by atoms with Gasteiger partial charge in [-0.05, 0) is 83.5 Å². The molecule has 0 saturated carbocycles. The number of hydrogen-bond acceptors (Lipinski definition) is 6. The molecule has 0 aliphatic carbocycles. The van der Waals surface area contributed by atoms with Crippen molar-refractivity contribution in [3.63, 3.8) is 0 Å². The van der Waals surface area contributed by atoms with Gasteiger partial charge in [0.05, 0.1) is 0 Å². The Morgan fingerprint density at radius 3 is 0.942 bits per heavy atom. The minimum Gasteiger partial charge on any atom is -0.462 e. The lowest BCUT2D eigenvalue weighted by Crippen LogP contribution is -2.30. The maximum absolute atomic E-state index is 12.7. The van der Waals surface area contributed by atoms with E-state index in [0.29, 0.717) is 19.3 Å². The number of allylic oxidation sites excluding steroid dienone is 12. The zero-order valence-electron chi connectivity index (χ0n) is 45.6. The molecule has 0 aliphatic rings. The summed E-state index contributed by atoms with van der Waals surface area (Å²) in [7, 11) is 0. The van der Waals surface area contributed by atoms with Crippen LogP contribution in [0, 0.1) is 0 Å². The molecule has 1 unspecified atom stereocenters. The van der Waals surface area contributed by atoms with E-state index in [-0.39, 0.29) is 31.1 Å². The van der Waals surface area contributed by atoms with E-state index in [2.05, 4.69) is 93.7 Å². The zero-order valence-corrected chi connectivity index (χ0v) is 45.6. The number of unbranched alkanes of at least 4 members (excludes halogenated alkanes) is 30. The fourth-order valence-corrected chi connectivity index (χ4v) is 8.27. The van der Waals surface area contributed by atoms with Gasteiger partial charge in [-0.15, -0.1) is 0 Å². The molecule has 6 heteroatoms. The van der Waals surface area contributed by atoms with E-state index in [4.69, 9.17) is 14.2 Å². The molecule has 0 fully saturated rings. The van der Waals surface area contributed by atoms with E-state index in [9.17, 15) is 14.4 Å². The topological polar surface area (TPSA) is 78.9 Å². The summed E-state index contributed by atoms with van der Waals surface area (Å²) < 4.78 is 16.7. The van der Waals surface area contributed by atoms with Crippen LogP contribution in [0.5, 0.6) is 0 Å². The third-order valence-corrected chi connectivity index (χ3v) is 12.7. The van der Waals surface area contributed by atoms with Crippen molar-refractivity contribution in [1.29, 1.82) is 0 Å². The molecule has 0 aromatic heterocycles. The smallest absolute Gasteiger partial charge is 0.306 e. The Morgan fingerprint density at radius 2 is 0.580 bits per heavy atom. The molecule has 0 saturated heterocycles. The van der Waals surface area contributed by atoms with Gasteiger partial charge in [-0.2, -0.15) is 0 Å². The van der Waals surface area contributed by atoms with Crippen molar-refractivity contribution in [1.82, 2.24) is 0 Å². The van der Waals surface area contributed by atoms with Gasteiger partial charge in [0.1, 0.15) is 13.2 Å². The van der Waals surface area contributed by atoms with Gasteiger partial charge in [-0.1, -0.05) is 261 Å². The van der Waals surface area contributed by atoms with Crippen molar-refractivity contribution in [3.05, 3.63) is 72.9 Å². The maximum Gasteiger partial charge on any atom is 0.306 e. The lowest BCUT2D eigenvalue weighted by Gasteiger charge is -2.18. The Labute approximate surface area is 427 Å². The minimum atomic E-state index is -0.772. The van der Waals surface area contributed by atoms with E-state index in [1.54, 1.807) is 0 Å². The van der Waals surface area contributed by atoms with E-state index >= 15 is 0 Å². The predicted molar refractivity (Wildman–Crippen MR) is 298 cm³/mol. The second kappa shape index (κ2) is 57.4. The number of hydrogen-bond donors (Lipinski definition) is 0. The summed E-state index contributed by atoms with van der Waals surface area (Å²) in [5.74, 6) is -0.884. The van der Waals surface area contributed by atoms with Gasteiger partial charge in [0, 0.05) is 19.3 Å². The van der Waals surface area contributed by atoms with Gasteiger partial charge in [0.2, 0.25) is 0 Å². The number of carbonyl (C=O) groups excluding carboxylic acids is 3. The normalized spacial score (nSPS) is 12.6. The molecule has 0 bridgehead atoms. The standard InChI is InChI=1S/C63H110O6/c1-4-7-10-13-16-18-20-21-22-23-24-25-26-27-28-29-30-31-32-33-34-35-36-37-38-39-40-41-43-44-47-50-53-56-62(65)68-59-60(58-67-61(64)55-52-49-46-15-12-9-6-3)69-63(66)57-54-51-48-45-42-19-17-14-11-8-5-2/h7,10,14,16-18,21-22,24-25,27-28,60H,4-6,8-9,11-13,15,19-20,23,26,29-59H2,1-3H3/b10-7-,17-14-,18-16-,22-21-,25-24-,28-27-. The van der Waals surface area contributed by atoms with Crippen molar-refractivity contribution in [2.75, 3.05) is 13.2 Å². The molecule has 0 spiro atoms. The number of carbonyl (C=O) groups is 3. The highest BCUT2D eigenvalue weighted by Gasteiger charge is 2.19. The van der Waals surface area contributed by atoms with Gasteiger partial charge in [0.15, 0.2) is 6.10 Å². The fourth-order valence-electron chi connectivity index (χ4n) is 8.27. The Kier molecular flexibility index (Phi) is 54.8. The number of esters is 3. The van der Waals surface area contributed by atoms with Crippen LogP contribution >= 0.6 is 0 Å².